The largest absolute Gasteiger partial charge is 0.317 e. The molecule has 2 heteroatoms. The smallest absolute Gasteiger partial charge is 0.0116 e. The van der Waals surface area contributed by atoms with E-state index in [1.807, 2.05) is 0 Å². The number of hydrogen-bond acceptors (Lipinski definition) is 2. The van der Waals surface area contributed by atoms with Gasteiger partial charge < -0.3 is 10.2 Å². The summed E-state index contributed by atoms with van der Waals surface area (Å²) in [5.41, 5.74) is 0. The first-order valence-corrected chi connectivity index (χ1v) is 8.07. The van der Waals surface area contributed by atoms with Gasteiger partial charge in [-0.15, -0.1) is 0 Å². The first-order chi connectivity index (χ1) is 8.66. The van der Waals surface area contributed by atoms with Gasteiger partial charge in [-0.25, -0.2) is 0 Å². The maximum absolute atomic E-state index is 3.46. The molecule has 0 spiro atoms. The number of nitrogens with zero attached hydrogens (tertiary/aromatic N) is 1. The summed E-state index contributed by atoms with van der Waals surface area (Å²) in [6, 6.07) is 0.842. The molecule has 1 saturated carbocycles. The first-order valence-electron chi connectivity index (χ1n) is 8.07. The molecule has 0 amide bonds. The third kappa shape index (κ3) is 3.96. The number of piperidine rings is 1. The minimum atomic E-state index is 0.842. The Bertz CT molecular complexity index is 225. The zero-order valence-electron chi connectivity index (χ0n) is 12.6. The Hall–Kier alpha value is -0.0800. The highest BCUT2D eigenvalue weighted by molar-refractivity contribution is 4.80. The van der Waals surface area contributed by atoms with Crippen molar-refractivity contribution in [3.05, 3.63) is 0 Å². The van der Waals surface area contributed by atoms with Crippen LogP contribution in [0, 0.1) is 17.8 Å². The van der Waals surface area contributed by atoms with Crippen molar-refractivity contribution in [3.63, 3.8) is 0 Å². The minimum Gasteiger partial charge on any atom is -0.317 e. The first kappa shape index (κ1) is 14.3. The molecule has 1 aliphatic carbocycles. The molecule has 0 aromatic carbocycles. The van der Waals surface area contributed by atoms with Gasteiger partial charge in [-0.3, -0.25) is 0 Å². The van der Waals surface area contributed by atoms with E-state index in [-0.39, 0.29) is 0 Å². The molecule has 0 aromatic rings. The third-order valence-corrected chi connectivity index (χ3v) is 5.31. The van der Waals surface area contributed by atoms with Crippen molar-refractivity contribution in [1.29, 1.82) is 0 Å². The lowest BCUT2D eigenvalue weighted by atomic mass is 9.77. The number of rotatable bonds is 4. The van der Waals surface area contributed by atoms with E-state index >= 15 is 0 Å². The average Bonchev–Trinajstić information content (AvgIpc) is 2.40. The molecule has 1 heterocycles. The monoisotopic (exact) mass is 252 g/mol. The second-order valence-corrected chi connectivity index (χ2v) is 6.95. The zero-order chi connectivity index (χ0) is 13.0. The van der Waals surface area contributed by atoms with E-state index in [9.17, 15) is 0 Å². The average molecular weight is 252 g/mol. The molecule has 0 bridgehead atoms. The maximum atomic E-state index is 3.46. The van der Waals surface area contributed by atoms with Crippen LogP contribution in [0.15, 0.2) is 0 Å². The van der Waals surface area contributed by atoms with E-state index in [1.165, 1.54) is 58.2 Å². The molecule has 1 N–H and O–H groups in total. The standard InChI is InChI=1S/C16H32N2/c1-13(2)15-6-4-14(5-7-15)12-18(3)16-8-10-17-11-9-16/h13-17H,4-12H2,1-3H3. The van der Waals surface area contributed by atoms with E-state index in [2.05, 4.69) is 31.1 Å². The van der Waals surface area contributed by atoms with Crippen LogP contribution in [0.3, 0.4) is 0 Å². The lowest BCUT2D eigenvalue weighted by Crippen LogP contribution is -2.43. The van der Waals surface area contributed by atoms with Crippen LogP contribution < -0.4 is 5.32 Å². The van der Waals surface area contributed by atoms with Crippen LogP contribution >= 0.6 is 0 Å². The van der Waals surface area contributed by atoms with E-state index in [0.717, 1.165) is 23.8 Å². The van der Waals surface area contributed by atoms with Gasteiger partial charge in [0.05, 0.1) is 0 Å². The fourth-order valence-corrected chi connectivity index (χ4v) is 3.84. The van der Waals surface area contributed by atoms with Gasteiger partial charge >= 0.3 is 0 Å². The summed E-state index contributed by atoms with van der Waals surface area (Å²) < 4.78 is 0. The van der Waals surface area contributed by atoms with E-state index in [4.69, 9.17) is 0 Å². The summed E-state index contributed by atoms with van der Waals surface area (Å²) in [5.74, 6) is 2.87. The Morgan fingerprint density at radius 2 is 1.61 bits per heavy atom. The summed E-state index contributed by atoms with van der Waals surface area (Å²) >= 11 is 0. The van der Waals surface area contributed by atoms with Crippen LogP contribution in [-0.2, 0) is 0 Å². The van der Waals surface area contributed by atoms with Crippen molar-refractivity contribution in [2.75, 3.05) is 26.7 Å². The minimum absolute atomic E-state index is 0.842. The summed E-state index contributed by atoms with van der Waals surface area (Å²) in [5, 5.41) is 3.46. The highest BCUT2D eigenvalue weighted by atomic mass is 15.1. The quantitative estimate of drug-likeness (QED) is 0.827. The van der Waals surface area contributed by atoms with Gasteiger partial charge in [0.25, 0.3) is 0 Å². The molecule has 0 aromatic heterocycles. The Balaban J connectivity index is 1.70. The second-order valence-electron chi connectivity index (χ2n) is 6.95. The second kappa shape index (κ2) is 6.91. The Labute approximate surface area is 114 Å². The molecule has 2 rings (SSSR count). The molecule has 2 aliphatic rings. The van der Waals surface area contributed by atoms with Crippen LogP contribution in [0.2, 0.25) is 0 Å². The third-order valence-electron chi connectivity index (χ3n) is 5.31. The predicted molar refractivity (Wildman–Crippen MR) is 78.8 cm³/mol. The van der Waals surface area contributed by atoms with Gasteiger partial charge in [-0.2, -0.15) is 0 Å². The molecular formula is C16H32N2. The van der Waals surface area contributed by atoms with Crippen LogP contribution in [0.1, 0.15) is 52.4 Å². The van der Waals surface area contributed by atoms with Gasteiger partial charge in [-0.05, 0) is 76.4 Å². The Kier molecular flexibility index (Phi) is 5.50. The summed E-state index contributed by atoms with van der Waals surface area (Å²) in [6.45, 7) is 8.57. The van der Waals surface area contributed by atoms with Crippen LogP contribution in [0.25, 0.3) is 0 Å². The van der Waals surface area contributed by atoms with Gasteiger partial charge in [0.1, 0.15) is 0 Å². The highest BCUT2D eigenvalue weighted by Gasteiger charge is 2.26. The van der Waals surface area contributed by atoms with Crippen LogP contribution in [-0.4, -0.2) is 37.6 Å². The SMILES string of the molecule is CC(C)C1CCC(CN(C)C2CCNCC2)CC1. The van der Waals surface area contributed by atoms with E-state index in [1.54, 1.807) is 0 Å². The van der Waals surface area contributed by atoms with Gasteiger partial charge in [0, 0.05) is 12.6 Å². The van der Waals surface area contributed by atoms with Crippen molar-refractivity contribution < 1.29 is 0 Å². The van der Waals surface area contributed by atoms with Gasteiger partial charge in [-0.1, -0.05) is 13.8 Å². The lowest BCUT2D eigenvalue weighted by molar-refractivity contribution is 0.135. The van der Waals surface area contributed by atoms with Crippen molar-refractivity contribution in [3.8, 4) is 0 Å². The number of hydrogen-bond donors (Lipinski definition) is 1. The van der Waals surface area contributed by atoms with Gasteiger partial charge in [0.2, 0.25) is 0 Å². The molecule has 0 unspecified atom stereocenters. The van der Waals surface area contributed by atoms with Crippen molar-refractivity contribution in [2.45, 2.75) is 58.4 Å². The van der Waals surface area contributed by atoms with E-state index in [0.29, 0.717) is 0 Å². The summed E-state index contributed by atoms with van der Waals surface area (Å²) in [6.07, 6.45) is 8.58. The van der Waals surface area contributed by atoms with Crippen LogP contribution in [0.4, 0.5) is 0 Å². The normalized spacial score (nSPS) is 31.2. The molecular weight excluding hydrogens is 220 g/mol. The summed E-state index contributed by atoms with van der Waals surface area (Å²) in [7, 11) is 2.35. The fraction of sp³-hybridized carbons (Fsp3) is 1.00. The van der Waals surface area contributed by atoms with Crippen molar-refractivity contribution in [2.24, 2.45) is 17.8 Å². The molecule has 18 heavy (non-hydrogen) atoms. The topological polar surface area (TPSA) is 15.3 Å². The summed E-state index contributed by atoms with van der Waals surface area (Å²) in [4.78, 5) is 2.65. The molecule has 1 aliphatic heterocycles. The predicted octanol–water partition coefficient (Wildman–Crippen LogP) is 3.13. The van der Waals surface area contributed by atoms with Crippen LogP contribution in [0.5, 0.6) is 0 Å². The molecule has 106 valence electrons. The molecule has 2 fully saturated rings. The molecule has 2 nitrogen and oxygen atoms in total. The Morgan fingerprint density at radius 3 is 2.17 bits per heavy atom. The van der Waals surface area contributed by atoms with E-state index < -0.39 is 0 Å². The molecule has 1 saturated heterocycles. The van der Waals surface area contributed by atoms with Gasteiger partial charge in [0.15, 0.2) is 0 Å². The lowest BCUT2D eigenvalue weighted by Gasteiger charge is -2.37. The molecule has 0 radical (unpaired) electrons. The zero-order valence-corrected chi connectivity index (χ0v) is 12.6. The highest BCUT2D eigenvalue weighted by Crippen LogP contribution is 2.33. The van der Waals surface area contributed by atoms with Crippen molar-refractivity contribution in [1.82, 2.24) is 10.2 Å². The fourth-order valence-electron chi connectivity index (χ4n) is 3.84. The number of nitrogens with one attached hydrogen (secondary N) is 1. The van der Waals surface area contributed by atoms with Crippen molar-refractivity contribution >= 4 is 0 Å². The molecule has 0 atom stereocenters. The maximum Gasteiger partial charge on any atom is 0.0116 e. The Morgan fingerprint density at radius 1 is 1.00 bits per heavy atom.